The molecule has 0 fully saturated rings. The minimum absolute atomic E-state index is 0.0563. The fraction of sp³-hybridized carbons (Fsp3) is 0.200. The van der Waals surface area contributed by atoms with Gasteiger partial charge in [0, 0.05) is 5.92 Å². The summed E-state index contributed by atoms with van der Waals surface area (Å²) in [6.45, 7) is 2.01. The maximum atomic E-state index is 9.71. The summed E-state index contributed by atoms with van der Waals surface area (Å²) >= 11 is 0. The molecule has 0 aliphatic rings. The Morgan fingerprint density at radius 2 is 1.32 bits per heavy atom. The molecule has 0 bridgehead atoms. The van der Waals surface area contributed by atoms with Crippen molar-refractivity contribution in [2.24, 2.45) is 0 Å². The lowest BCUT2D eigenvalue weighted by Crippen LogP contribution is -2.06. The van der Waals surface area contributed by atoms with E-state index in [-0.39, 0.29) is 17.4 Å². The summed E-state index contributed by atoms with van der Waals surface area (Å²) in [6, 6.07) is 10.3. The number of hydrogen-bond donors (Lipinski definition) is 4. The Kier molecular flexibility index (Phi) is 3.51. The van der Waals surface area contributed by atoms with Crippen molar-refractivity contribution in [3.05, 3.63) is 47.5 Å². The molecule has 0 saturated heterocycles. The molecule has 4 heteroatoms. The Labute approximate surface area is 112 Å². The van der Waals surface area contributed by atoms with Crippen molar-refractivity contribution in [1.29, 1.82) is 0 Å². The van der Waals surface area contributed by atoms with Crippen LogP contribution in [0, 0.1) is 0 Å². The first-order valence-electron chi connectivity index (χ1n) is 6.21. The molecule has 100 valence electrons. The van der Waals surface area contributed by atoms with Gasteiger partial charge in [0.2, 0.25) is 0 Å². The molecule has 0 aromatic heterocycles. The summed E-state index contributed by atoms with van der Waals surface area (Å²) in [6.07, 6.45) is 0.765. The van der Waals surface area contributed by atoms with Crippen LogP contribution in [0.1, 0.15) is 30.4 Å². The highest BCUT2D eigenvalue weighted by molar-refractivity contribution is 5.65. The first-order valence-corrected chi connectivity index (χ1v) is 6.21. The van der Waals surface area contributed by atoms with E-state index in [2.05, 4.69) is 0 Å². The molecule has 6 N–H and O–H groups in total. The van der Waals surface area contributed by atoms with Crippen molar-refractivity contribution in [2.45, 2.75) is 19.3 Å². The van der Waals surface area contributed by atoms with Gasteiger partial charge in [0.05, 0.1) is 11.4 Å². The zero-order valence-corrected chi connectivity index (χ0v) is 10.8. The number of nitrogens with two attached hydrogens (primary N) is 2. The summed E-state index contributed by atoms with van der Waals surface area (Å²) in [5.41, 5.74) is 14.2. The monoisotopic (exact) mass is 258 g/mol. The van der Waals surface area contributed by atoms with Gasteiger partial charge in [0.25, 0.3) is 0 Å². The number of para-hydroxylation sites is 2. The summed E-state index contributed by atoms with van der Waals surface area (Å²) in [4.78, 5) is 0. The van der Waals surface area contributed by atoms with Crippen molar-refractivity contribution in [2.75, 3.05) is 11.5 Å². The Bertz CT molecular complexity index is 545. The van der Waals surface area contributed by atoms with Gasteiger partial charge in [-0.2, -0.15) is 0 Å². The lowest BCUT2D eigenvalue weighted by Gasteiger charge is -2.20. The molecule has 0 unspecified atom stereocenters. The molecular formula is C15H18N2O2. The van der Waals surface area contributed by atoms with Gasteiger partial charge in [-0.3, -0.25) is 0 Å². The number of rotatable bonds is 3. The Morgan fingerprint density at radius 3 is 1.68 bits per heavy atom. The molecule has 2 aromatic carbocycles. The van der Waals surface area contributed by atoms with Gasteiger partial charge in [-0.1, -0.05) is 31.2 Å². The summed E-state index contributed by atoms with van der Waals surface area (Å²) in [7, 11) is 0. The van der Waals surface area contributed by atoms with Crippen LogP contribution in [0.3, 0.4) is 0 Å². The maximum absolute atomic E-state index is 9.71. The molecule has 0 aliphatic carbocycles. The van der Waals surface area contributed by atoms with E-state index >= 15 is 0 Å². The minimum Gasteiger partial charge on any atom is -0.506 e. The van der Waals surface area contributed by atoms with Gasteiger partial charge < -0.3 is 21.7 Å². The van der Waals surface area contributed by atoms with Crippen LogP contribution in [0.4, 0.5) is 11.4 Å². The third kappa shape index (κ3) is 2.29. The third-order valence-corrected chi connectivity index (χ3v) is 3.39. The Morgan fingerprint density at radius 1 is 0.895 bits per heavy atom. The van der Waals surface area contributed by atoms with Crippen molar-refractivity contribution in [3.63, 3.8) is 0 Å². The van der Waals surface area contributed by atoms with Gasteiger partial charge >= 0.3 is 0 Å². The molecule has 0 aliphatic heterocycles. The van der Waals surface area contributed by atoms with E-state index in [4.69, 9.17) is 11.5 Å². The number of nitrogen functional groups attached to an aromatic ring is 2. The van der Waals surface area contributed by atoms with Gasteiger partial charge in [-0.15, -0.1) is 0 Å². The number of phenolic OH excluding ortho intramolecular Hbond substituents is 2. The summed E-state index contributed by atoms with van der Waals surface area (Å²) < 4.78 is 0. The number of aromatic hydroxyl groups is 2. The van der Waals surface area contributed by atoms with Gasteiger partial charge in [-0.05, 0) is 29.7 Å². The molecule has 4 nitrogen and oxygen atoms in total. The van der Waals surface area contributed by atoms with E-state index in [0.29, 0.717) is 11.4 Å². The molecule has 0 amide bonds. The standard InChI is InChI=1S/C15H18N2O2/c1-2-9(10-5-3-7-12(18)14(10)16)11-6-4-8-13(19)15(11)17/h3-9,18-19H,2,16-17H2,1H3. The van der Waals surface area contributed by atoms with E-state index in [1.54, 1.807) is 24.3 Å². The smallest absolute Gasteiger partial charge is 0.138 e. The first-order chi connectivity index (χ1) is 9.06. The van der Waals surface area contributed by atoms with Crippen LogP contribution < -0.4 is 11.5 Å². The van der Waals surface area contributed by atoms with E-state index < -0.39 is 0 Å². The van der Waals surface area contributed by atoms with Crippen molar-refractivity contribution < 1.29 is 10.2 Å². The third-order valence-electron chi connectivity index (χ3n) is 3.39. The Balaban J connectivity index is 2.57. The molecule has 0 spiro atoms. The van der Waals surface area contributed by atoms with Crippen LogP contribution in [0.2, 0.25) is 0 Å². The lowest BCUT2D eigenvalue weighted by molar-refractivity contribution is 0.476. The van der Waals surface area contributed by atoms with E-state index in [1.165, 1.54) is 0 Å². The summed E-state index contributed by atoms with van der Waals surface area (Å²) in [5.74, 6) is 0.0727. The van der Waals surface area contributed by atoms with Crippen LogP contribution >= 0.6 is 0 Å². The number of hydrogen-bond acceptors (Lipinski definition) is 4. The van der Waals surface area contributed by atoms with Crippen molar-refractivity contribution in [3.8, 4) is 11.5 Å². The molecule has 0 atom stereocenters. The van der Waals surface area contributed by atoms with Crippen molar-refractivity contribution in [1.82, 2.24) is 0 Å². The van der Waals surface area contributed by atoms with Gasteiger partial charge in [-0.25, -0.2) is 0 Å². The van der Waals surface area contributed by atoms with Gasteiger partial charge in [0.15, 0.2) is 0 Å². The second kappa shape index (κ2) is 5.10. The van der Waals surface area contributed by atoms with Crippen LogP contribution in [-0.2, 0) is 0 Å². The van der Waals surface area contributed by atoms with E-state index in [0.717, 1.165) is 17.5 Å². The summed E-state index contributed by atoms with van der Waals surface area (Å²) in [5, 5.41) is 19.4. The molecule has 0 radical (unpaired) electrons. The second-order valence-corrected chi connectivity index (χ2v) is 4.52. The topological polar surface area (TPSA) is 92.5 Å². The molecular weight excluding hydrogens is 240 g/mol. The number of anilines is 2. The fourth-order valence-corrected chi connectivity index (χ4v) is 2.36. The highest BCUT2D eigenvalue weighted by Gasteiger charge is 2.19. The second-order valence-electron chi connectivity index (χ2n) is 4.52. The van der Waals surface area contributed by atoms with Crippen LogP contribution in [0.5, 0.6) is 11.5 Å². The zero-order valence-electron chi connectivity index (χ0n) is 10.8. The number of phenols is 2. The molecule has 0 heterocycles. The normalized spacial score (nSPS) is 10.8. The average Bonchev–Trinajstić information content (AvgIpc) is 2.40. The largest absolute Gasteiger partial charge is 0.506 e. The maximum Gasteiger partial charge on any atom is 0.138 e. The quantitative estimate of drug-likeness (QED) is 0.503. The molecule has 0 saturated carbocycles. The fourth-order valence-electron chi connectivity index (χ4n) is 2.36. The SMILES string of the molecule is CCC(c1cccc(O)c1N)c1cccc(O)c1N. The first kappa shape index (κ1) is 13.1. The van der Waals surface area contributed by atoms with Gasteiger partial charge in [0.1, 0.15) is 11.5 Å². The highest BCUT2D eigenvalue weighted by Crippen LogP contribution is 2.39. The van der Waals surface area contributed by atoms with Crippen LogP contribution in [-0.4, -0.2) is 10.2 Å². The average molecular weight is 258 g/mol. The molecule has 19 heavy (non-hydrogen) atoms. The van der Waals surface area contributed by atoms with E-state index in [9.17, 15) is 10.2 Å². The van der Waals surface area contributed by atoms with E-state index in [1.807, 2.05) is 19.1 Å². The van der Waals surface area contributed by atoms with Crippen molar-refractivity contribution >= 4 is 11.4 Å². The number of benzene rings is 2. The predicted octanol–water partition coefficient (Wildman–Crippen LogP) is 2.80. The highest BCUT2D eigenvalue weighted by atomic mass is 16.3. The molecule has 2 aromatic rings. The molecule has 2 rings (SSSR count). The predicted molar refractivity (Wildman–Crippen MR) is 77.2 cm³/mol. The van der Waals surface area contributed by atoms with Crippen LogP contribution in [0.25, 0.3) is 0 Å². The lowest BCUT2D eigenvalue weighted by atomic mass is 9.87. The van der Waals surface area contributed by atoms with Crippen LogP contribution in [0.15, 0.2) is 36.4 Å². The zero-order chi connectivity index (χ0) is 14.0. The minimum atomic E-state index is -0.0563. The Hall–Kier alpha value is -2.36.